The normalized spacial score (nSPS) is 27.2. The van der Waals surface area contributed by atoms with Crippen LogP contribution in [0, 0.1) is 5.92 Å². The first-order valence-corrected chi connectivity index (χ1v) is 9.17. The molecule has 0 aliphatic carbocycles. The molecule has 4 N–H and O–H groups in total. The molecule has 0 aromatic rings. The summed E-state index contributed by atoms with van der Waals surface area (Å²) in [6, 6.07) is -1.53. The first kappa shape index (κ1) is 19.5. The van der Waals surface area contributed by atoms with Crippen LogP contribution in [0.3, 0.4) is 0 Å². The van der Waals surface area contributed by atoms with Gasteiger partial charge in [-0.3, -0.25) is 13.8 Å². The van der Waals surface area contributed by atoms with Gasteiger partial charge in [-0.2, -0.15) is 0 Å². The molecule has 6 atom stereocenters. The van der Waals surface area contributed by atoms with E-state index >= 15 is 0 Å². The highest BCUT2D eigenvalue weighted by atomic mass is 32.2. The Balaban J connectivity index is 2.18. The molecule has 1 saturated heterocycles. The number of aliphatic hydroxyl groups excluding tert-OH is 1. The highest BCUT2D eigenvalue weighted by Crippen LogP contribution is 2.43. The molecule has 140 valence electrons. The number of aliphatic carboxylic acids is 1. The number of carbonyl (C=O) groups excluding carboxylic acids is 2. The first-order chi connectivity index (χ1) is 11.6. The molecule has 2 rings (SSSR count). The van der Waals surface area contributed by atoms with Gasteiger partial charge in [-0.05, 0) is 25.8 Å². The van der Waals surface area contributed by atoms with Crippen molar-refractivity contribution in [3.05, 3.63) is 11.3 Å². The number of β-lactam (4-membered cyclic amide) rings is 1. The van der Waals surface area contributed by atoms with Gasteiger partial charge in [0.05, 0.1) is 30.4 Å². The van der Waals surface area contributed by atoms with Crippen molar-refractivity contribution < 1.29 is 33.5 Å². The van der Waals surface area contributed by atoms with E-state index in [1.165, 1.54) is 21.0 Å². The summed E-state index contributed by atoms with van der Waals surface area (Å²) in [5, 5.41) is 18.4. The van der Waals surface area contributed by atoms with Crippen LogP contribution in [0.15, 0.2) is 11.3 Å². The topological polar surface area (TPSA) is 147 Å². The quantitative estimate of drug-likeness (QED) is 0.363. The van der Waals surface area contributed by atoms with E-state index in [2.05, 4.69) is 4.74 Å². The minimum atomic E-state index is -1.63. The number of esters is 1. The van der Waals surface area contributed by atoms with E-state index in [1.54, 1.807) is 0 Å². The van der Waals surface area contributed by atoms with Crippen molar-refractivity contribution in [3.63, 3.8) is 0 Å². The fourth-order valence-corrected chi connectivity index (χ4v) is 4.58. The zero-order valence-electron chi connectivity index (χ0n) is 14.2. The minimum Gasteiger partial charge on any atom is -0.477 e. The molecule has 0 spiro atoms. The number of carboxylic acids is 1. The average molecular weight is 374 g/mol. The summed E-state index contributed by atoms with van der Waals surface area (Å²) in [6.07, 6.45) is -0.658. The van der Waals surface area contributed by atoms with Crippen LogP contribution in [0.1, 0.15) is 20.3 Å². The number of nitrogens with zero attached hydrogens (tertiary/aromatic N) is 1. The lowest BCUT2D eigenvalue weighted by molar-refractivity contribution is -0.161. The van der Waals surface area contributed by atoms with Crippen LogP contribution < -0.4 is 5.73 Å². The van der Waals surface area contributed by atoms with Crippen molar-refractivity contribution in [3.8, 4) is 0 Å². The lowest BCUT2D eigenvalue weighted by Crippen LogP contribution is -2.61. The number of carboxylic acid groups (broad SMARTS) is 1. The van der Waals surface area contributed by atoms with E-state index < -0.39 is 58.0 Å². The van der Waals surface area contributed by atoms with E-state index in [0.717, 1.165) is 4.90 Å². The number of ether oxygens (including phenoxy) is 1. The van der Waals surface area contributed by atoms with Crippen LogP contribution in [0.2, 0.25) is 0 Å². The van der Waals surface area contributed by atoms with Crippen molar-refractivity contribution in [2.45, 2.75) is 43.7 Å². The zero-order valence-corrected chi connectivity index (χ0v) is 15.0. The predicted molar refractivity (Wildman–Crippen MR) is 87.5 cm³/mol. The van der Waals surface area contributed by atoms with E-state index in [0.29, 0.717) is 5.57 Å². The monoisotopic (exact) mass is 374 g/mol. The molecule has 0 aromatic carbocycles. The zero-order chi connectivity index (χ0) is 19.0. The largest absolute Gasteiger partial charge is 0.477 e. The van der Waals surface area contributed by atoms with Crippen molar-refractivity contribution in [1.82, 2.24) is 4.90 Å². The Hall–Kier alpha value is -1.78. The summed E-state index contributed by atoms with van der Waals surface area (Å²) < 4.78 is 17.0. The Morgan fingerprint density at radius 1 is 1.44 bits per heavy atom. The van der Waals surface area contributed by atoms with Crippen molar-refractivity contribution in [2.75, 3.05) is 12.9 Å². The predicted octanol–water partition coefficient (Wildman–Crippen LogP) is -1.43. The van der Waals surface area contributed by atoms with Gasteiger partial charge in [0.2, 0.25) is 5.91 Å². The van der Waals surface area contributed by atoms with Crippen molar-refractivity contribution >= 4 is 28.6 Å². The minimum absolute atomic E-state index is 0.111. The third-order valence-corrected chi connectivity index (χ3v) is 6.49. The molecule has 0 aromatic heterocycles. The summed E-state index contributed by atoms with van der Waals surface area (Å²) in [4.78, 5) is 36.3. The summed E-state index contributed by atoms with van der Waals surface area (Å²) in [5.74, 6) is -3.20. The van der Waals surface area contributed by atoms with Gasteiger partial charge in [-0.15, -0.1) is 0 Å². The van der Waals surface area contributed by atoms with E-state index in [9.17, 15) is 28.8 Å². The number of hydrogen-bond acceptors (Lipinski definition) is 7. The number of fused-ring (bicyclic) bond motifs is 1. The Morgan fingerprint density at radius 3 is 2.52 bits per heavy atom. The Kier molecular flexibility index (Phi) is 5.65. The molecule has 2 aliphatic rings. The number of methoxy groups -OCH3 is 1. The molecule has 25 heavy (non-hydrogen) atoms. The van der Waals surface area contributed by atoms with Gasteiger partial charge < -0.3 is 25.6 Å². The number of carbonyl (C=O) groups is 3. The van der Waals surface area contributed by atoms with Crippen LogP contribution in [-0.4, -0.2) is 73.5 Å². The molecule has 0 bridgehead atoms. The Morgan fingerprint density at radius 2 is 2.04 bits per heavy atom. The summed E-state index contributed by atoms with van der Waals surface area (Å²) in [5.41, 5.74) is 5.87. The number of nitrogens with two attached hydrogens (primary N) is 1. The van der Waals surface area contributed by atoms with Crippen LogP contribution in [0.25, 0.3) is 0 Å². The maximum Gasteiger partial charge on any atom is 0.352 e. The first-order valence-electron chi connectivity index (χ1n) is 7.78. The van der Waals surface area contributed by atoms with Crippen LogP contribution >= 0.6 is 0 Å². The molecule has 0 radical (unpaired) electrons. The van der Waals surface area contributed by atoms with Crippen molar-refractivity contribution in [1.29, 1.82) is 0 Å². The van der Waals surface area contributed by atoms with Gasteiger partial charge in [0.25, 0.3) is 0 Å². The summed E-state index contributed by atoms with van der Waals surface area (Å²) >= 11 is 0. The van der Waals surface area contributed by atoms with E-state index in [4.69, 9.17) is 5.73 Å². The molecule has 10 heteroatoms. The molecule has 9 nitrogen and oxygen atoms in total. The molecule has 2 aliphatic heterocycles. The third-order valence-electron chi connectivity index (χ3n) is 4.73. The molecule has 0 saturated carbocycles. The molecular formula is C15H22N2O7S. The van der Waals surface area contributed by atoms with Gasteiger partial charge >= 0.3 is 11.9 Å². The number of hydrogen-bond donors (Lipinski definition) is 3. The molecule has 2 heterocycles. The van der Waals surface area contributed by atoms with E-state index in [-0.39, 0.29) is 17.9 Å². The van der Waals surface area contributed by atoms with Gasteiger partial charge in [0.15, 0.2) is 0 Å². The third kappa shape index (κ3) is 3.33. The maximum atomic E-state index is 12.5. The number of aliphatic hydroxyl groups is 1. The molecule has 1 fully saturated rings. The molecule has 1 amide bonds. The summed E-state index contributed by atoms with van der Waals surface area (Å²) in [6.45, 7) is 3.00. The van der Waals surface area contributed by atoms with Gasteiger partial charge in [0.1, 0.15) is 11.7 Å². The standard InChI is InChI=1S/C15H22N2O7S/c1-6(18)10-9-4-8(12(14(20)21)17(9)13(10)19)5-25(23)7(2)11(16)15(22)24-3/h6-7,9-11,18H,4-5,16H2,1-3H3,(H,20,21). The second-order valence-electron chi connectivity index (χ2n) is 6.28. The Bertz CT molecular complexity index is 660. The lowest BCUT2D eigenvalue weighted by atomic mass is 9.83. The maximum absolute atomic E-state index is 12.5. The van der Waals surface area contributed by atoms with E-state index in [1.807, 2.05) is 0 Å². The average Bonchev–Trinajstić information content (AvgIpc) is 2.86. The fraction of sp³-hybridized carbons (Fsp3) is 0.667. The number of rotatable bonds is 7. The molecular weight excluding hydrogens is 352 g/mol. The van der Waals surface area contributed by atoms with Gasteiger partial charge in [-0.1, -0.05) is 0 Å². The van der Waals surface area contributed by atoms with Crippen molar-refractivity contribution in [2.24, 2.45) is 11.7 Å². The smallest absolute Gasteiger partial charge is 0.352 e. The Labute approximate surface area is 147 Å². The SMILES string of the molecule is COC(=O)C(N)C(C)S(=O)CC1=C(C(=O)O)N2C(=O)C(C(C)O)C2C1. The second-order valence-corrected chi connectivity index (χ2v) is 8.08. The highest BCUT2D eigenvalue weighted by molar-refractivity contribution is 7.85. The summed E-state index contributed by atoms with van der Waals surface area (Å²) in [7, 11) is -0.454. The van der Waals surface area contributed by atoms with Gasteiger partial charge in [-0.25, -0.2) is 4.79 Å². The fourth-order valence-electron chi connectivity index (χ4n) is 3.28. The second kappa shape index (κ2) is 7.22. The van der Waals surface area contributed by atoms with Crippen LogP contribution in [0.5, 0.6) is 0 Å². The lowest BCUT2D eigenvalue weighted by Gasteiger charge is -2.44. The van der Waals surface area contributed by atoms with Gasteiger partial charge in [0, 0.05) is 16.6 Å². The van der Waals surface area contributed by atoms with Crippen LogP contribution in [-0.2, 0) is 29.9 Å². The number of amides is 1. The highest BCUT2D eigenvalue weighted by Gasteiger charge is 2.56. The van der Waals surface area contributed by atoms with Crippen LogP contribution in [0.4, 0.5) is 0 Å². The molecule has 6 unspecified atom stereocenters.